The van der Waals surface area contributed by atoms with E-state index in [0.29, 0.717) is 0 Å². The molecular formula is CH4NOSi. The van der Waals surface area contributed by atoms with Crippen LogP contribution in [0.5, 0.6) is 0 Å². The highest BCUT2D eigenvalue weighted by Crippen LogP contribution is 1.49. The maximum atomic E-state index is 4.13. The molecule has 0 N–H and O–H groups in total. The molecule has 23 valence electrons. The van der Waals surface area contributed by atoms with Gasteiger partial charge in [-0.15, -0.1) is 0 Å². The number of nitrogens with zero attached hydrogens (tertiary/aromatic N) is 1. The van der Waals surface area contributed by atoms with Gasteiger partial charge in [0, 0.05) is 0 Å². The molecule has 4 heavy (non-hydrogen) atoms. The summed E-state index contributed by atoms with van der Waals surface area (Å²) in [6.07, 6.45) is 0. The Labute approximate surface area is 27.9 Å². The van der Waals surface area contributed by atoms with E-state index in [-0.39, 0.29) is 0 Å². The maximum Gasteiger partial charge on any atom is 0.193 e. The van der Waals surface area contributed by atoms with Gasteiger partial charge in [0.2, 0.25) is 0 Å². The SMILES string of the molecule is CON=[SiH]. The van der Waals surface area contributed by atoms with Crippen LogP contribution in [0.1, 0.15) is 0 Å². The smallest absolute Gasteiger partial charge is 0.193 e. The van der Waals surface area contributed by atoms with E-state index in [1.54, 1.807) is 0 Å². The first-order valence-electron chi connectivity index (χ1n) is 0.849. The lowest BCUT2D eigenvalue weighted by molar-refractivity contribution is 0.219. The van der Waals surface area contributed by atoms with E-state index in [2.05, 4.69) is 19.7 Å². The molecular weight excluding hydrogens is 70.1 g/mol. The number of hydrogen-bond acceptors (Lipinski definition) is 2. The minimum Gasteiger partial charge on any atom is -0.410 e. The molecule has 0 aromatic rings. The quantitative estimate of drug-likeness (QED) is 0.307. The second kappa shape index (κ2) is 2.82. The van der Waals surface area contributed by atoms with Crippen LogP contribution in [0.4, 0.5) is 0 Å². The standard InChI is InChI=1S/CH4NOSi/c1-3-2-4/h4H,1H3. The molecule has 0 amide bonds. The van der Waals surface area contributed by atoms with Crippen molar-refractivity contribution in [2.45, 2.75) is 0 Å². The molecule has 0 aliphatic carbocycles. The van der Waals surface area contributed by atoms with Gasteiger partial charge in [0.25, 0.3) is 0 Å². The van der Waals surface area contributed by atoms with Crippen molar-refractivity contribution in [3.63, 3.8) is 0 Å². The topological polar surface area (TPSA) is 21.6 Å². The third-order valence-corrected chi connectivity index (χ3v) is 0.316. The summed E-state index contributed by atoms with van der Waals surface area (Å²) >= 11 is 0. The fourth-order valence-corrected chi connectivity index (χ4v) is 0. The van der Waals surface area contributed by atoms with Gasteiger partial charge in [-0.25, -0.2) is 0 Å². The summed E-state index contributed by atoms with van der Waals surface area (Å²) in [6, 6.07) is 0. The predicted molar refractivity (Wildman–Crippen MR) is 16.6 cm³/mol. The Morgan fingerprint density at radius 1 is 2.00 bits per heavy atom. The molecule has 0 aliphatic rings. The Kier molecular flexibility index (Phi) is 2.69. The molecule has 0 heterocycles. The molecule has 0 saturated heterocycles. The molecule has 3 heteroatoms. The van der Waals surface area contributed by atoms with E-state index in [1.807, 2.05) is 0 Å². The van der Waals surface area contributed by atoms with Gasteiger partial charge in [0.1, 0.15) is 7.11 Å². The number of rotatable bonds is 1. The van der Waals surface area contributed by atoms with Crippen LogP contribution >= 0.6 is 0 Å². The molecule has 0 rings (SSSR count). The van der Waals surface area contributed by atoms with E-state index in [9.17, 15) is 0 Å². The largest absolute Gasteiger partial charge is 0.410 e. The lowest BCUT2D eigenvalue weighted by atomic mass is 11.7. The maximum absolute atomic E-state index is 4.13. The molecule has 0 aromatic carbocycles. The highest BCUT2D eigenvalue weighted by Gasteiger charge is 1.34. The summed E-state index contributed by atoms with van der Waals surface area (Å²) in [6.45, 7) is 0. The average molecular weight is 74.1 g/mol. The first kappa shape index (κ1) is 3.82. The molecule has 0 aromatic heterocycles. The molecule has 0 aliphatic heterocycles. The Bertz CT molecular complexity index is 22.0. The zero-order valence-electron chi connectivity index (χ0n) is 2.43. The Hall–Kier alpha value is -0.183. The number of hydrogen-bond donors (Lipinski definition) is 0. The summed E-state index contributed by atoms with van der Waals surface area (Å²) in [4.78, 5) is 7.28. The highest BCUT2D eigenvalue weighted by atomic mass is 28.1. The summed E-state index contributed by atoms with van der Waals surface area (Å²) in [5.74, 6) is 0. The lowest BCUT2D eigenvalue weighted by Gasteiger charge is -1.72. The normalized spacial score (nSPS) is 5.25. The Balaban J connectivity index is 2.30. The van der Waals surface area contributed by atoms with Crippen LogP contribution in [0, 0.1) is 0 Å². The van der Waals surface area contributed by atoms with Gasteiger partial charge >= 0.3 is 0 Å². The van der Waals surface area contributed by atoms with Crippen LogP contribution in [0.15, 0.2) is 4.80 Å². The van der Waals surface area contributed by atoms with Crippen LogP contribution in [0.2, 0.25) is 0 Å². The second-order valence-electron chi connectivity index (χ2n) is 0.288. The summed E-state index contributed by atoms with van der Waals surface area (Å²) in [5.41, 5.74) is 0. The van der Waals surface area contributed by atoms with Crippen molar-refractivity contribution < 1.29 is 4.84 Å². The van der Waals surface area contributed by atoms with Gasteiger partial charge < -0.3 is 4.84 Å². The fourth-order valence-electron chi connectivity index (χ4n) is 0. The third-order valence-electron chi connectivity index (χ3n) is 0.105. The van der Waals surface area contributed by atoms with Crippen molar-refractivity contribution in [3.8, 4) is 0 Å². The van der Waals surface area contributed by atoms with E-state index in [0.717, 1.165) is 0 Å². The molecule has 0 fully saturated rings. The monoisotopic (exact) mass is 74.0 g/mol. The summed E-state index contributed by atoms with van der Waals surface area (Å²) in [5, 5.41) is 0. The van der Waals surface area contributed by atoms with Crippen molar-refractivity contribution in [3.05, 3.63) is 0 Å². The summed E-state index contributed by atoms with van der Waals surface area (Å²) < 4.78 is 0. The third kappa shape index (κ3) is 1.82. The van der Waals surface area contributed by atoms with E-state index >= 15 is 0 Å². The molecule has 0 atom stereocenters. The van der Waals surface area contributed by atoms with Crippen molar-refractivity contribution in [1.29, 1.82) is 0 Å². The average Bonchev–Trinajstić information content (AvgIpc) is 1.37. The van der Waals surface area contributed by atoms with Crippen molar-refractivity contribution in [2.75, 3.05) is 7.11 Å². The molecule has 0 bridgehead atoms. The molecule has 2 nitrogen and oxygen atoms in total. The van der Waals surface area contributed by atoms with Gasteiger partial charge in [-0.1, -0.05) is 0 Å². The van der Waals surface area contributed by atoms with E-state index < -0.39 is 0 Å². The van der Waals surface area contributed by atoms with Gasteiger partial charge in [-0.05, 0) is 0 Å². The van der Waals surface area contributed by atoms with Crippen LogP contribution in [-0.4, -0.2) is 17.1 Å². The van der Waals surface area contributed by atoms with Crippen LogP contribution in [0.25, 0.3) is 0 Å². The Morgan fingerprint density at radius 2 is 2.25 bits per heavy atom. The lowest BCUT2D eigenvalue weighted by Crippen LogP contribution is -1.56. The second-order valence-corrected chi connectivity index (χ2v) is 0.499. The highest BCUT2D eigenvalue weighted by molar-refractivity contribution is 5.91. The van der Waals surface area contributed by atoms with Crippen LogP contribution in [-0.2, 0) is 4.84 Å². The van der Waals surface area contributed by atoms with Gasteiger partial charge in [-0.2, -0.15) is 4.80 Å². The molecule has 0 unspecified atom stereocenters. The Morgan fingerprint density at radius 3 is 2.25 bits per heavy atom. The zero-order valence-corrected chi connectivity index (χ0v) is 3.59. The van der Waals surface area contributed by atoms with Crippen molar-refractivity contribution >= 4 is 10.0 Å². The van der Waals surface area contributed by atoms with Crippen molar-refractivity contribution in [1.82, 2.24) is 0 Å². The zero-order chi connectivity index (χ0) is 3.41. The summed E-state index contributed by atoms with van der Waals surface area (Å²) in [7, 11) is 3.55. The minimum atomic E-state index is 1.49. The van der Waals surface area contributed by atoms with Crippen LogP contribution < -0.4 is 0 Å². The van der Waals surface area contributed by atoms with Crippen molar-refractivity contribution in [2.24, 2.45) is 4.80 Å². The molecule has 0 spiro atoms. The van der Waals surface area contributed by atoms with Crippen LogP contribution in [0.3, 0.4) is 0 Å². The predicted octanol–water partition coefficient (Wildman–Crippen LogP) is -0.368. The van der Waals surface area contributed by atoms with Gasteiger partial charge in [-0.3, -0.25) is 0 Å². The molecule has 1 radical (unpaired) electrons. The first-order valence-corrected chi connectivity index (χ1v) is 1.37. The minimum absolute atomic E-state index is 1.49. The van der Waals surface area contributed by atoms with E-state index in [4.69, 9.17) is 0 Å². The van der Waals surface area contributed by atoms with Gasteiger partial charge in [0.05, 0.1) is 0 Å². The molecule has 0 saturated carbocycles. The van der Waals surface area contributed by atoms with Gasteiger partial charge in [0.15, 0.2) is 10.0 Å². The first-order chi connectivity index (χ1) is 1.91. The van der Waals surface area contributed by atoms with E-state index in [1.165, 1.54) is 7.11 Å². The fraction of sp³-hybridized carbons (Fsp3) is 1.00.